The zero-order valence-corrected chi connectivity index (χ0v) is 18.4. The number of unbranched alkanes of at least 4 members (excludes halogenated alkanes) is 12. The Morgan fingerprint density at radius 3 is 1.38 bits per heavy atom. The molecule has 1 aliphatic rings. The van der Waals surface area contributed by atoms with Crippen molar-refractivity contribution in [1.29, 1.82) is 0 Å². The van der Waals surface area contributed by atoms with Gasteiger partial charge in [-0.15, -0.1) is 0 Å². The van der Waals surface area contributed by atoms with Gasteiger partial charge in [0.15, 0.2) is 0 Å². The normalized spacial score (nSPS) is 16.8. The van der Waals surface area contributed by atoms with Crippen LogP contribution in [0.1, 0.15) is 124 Å². The van der Waals surface area contributed by atoms with Crippen molar-refractivity contribution in [2.24, 2.45) is 0 Å². The molecule has 1 atom stereocenters. The minimum absolute atomic E-state index is 0.638. The van der Waals surface area contributed by atoms with Crippen LogP contribution in [-0.2, 0) is 0 Å². The Bertz CT molecular complexity index is 326. The molecule has 1 unspecified atom stereocenters. The molecule has 0 spiro atoms. The van der Waals surface area contributed by atoms with Crippen molar-refractivity contribution in [3.05, 3.63) is 12.4 Å². The van der Waals surface area contributed by atoms with Gasteiger partial charge in [0.2, 0.25) is 0 Å². The van der Waals surface area contributed by atoms with E-state index in [0.29, 0.717) is 6.17 Å². The predicted molar refractivity (Wildman–Crippen MR) is 117 cm³/mol. The maximum atomic E-state index is 2.61. The quantitative estimate of drug-likeness (QED) is 0.230. The lowest BCUT2D eigenvalue weighted by Crippen LogP contribution is -2.39. The first-order valence-corrected chi connectivity index (χ1v) is 12.0. The smallest absolute Gasteiger partial charge is 0.101 e. The predicted octanol–water partition coefficient (Wildman–Crippen LogP) is 7.70. The number of rotatable bonds is 18. The van der Waals surface area contributed by atoms with Gasteiger partial charge in [0.25, 0.3) is 0 Å². The molecule has 0 bridgehead atoms. The van der Waals surface area contributed by atoms with Crippen LogP contribution in [0.25, 0.3) is 0 Å². The largest absolute Gasteiger partial charge is 0.356 e. The van der Waals surface area contributed by atoms with Gasteiger partial charge in [0.1, 0.15) is 6.17 Å². The molecule has 1 aliphatic heterocycles. The molecule has 0 saturated heterocycles. The van der Waals surface area contributed by atoms with Gasteiger partial charge in [0.05, 0.1) is 0 Å². The van der Waals surface area contributed by atoms with Crippen LogP contribution in [0.15, 0.2) is 12.4 Å². The minimum Gasteiger partial charge on any atom is -0.356 e. The van der Waals surface area contributed by atoms with E-state index in [0.717, 1.165) is 0 Å². The highest BCUT2D eigenvalue weighted by atomic mass is 15.4. The van der Waals surface area contributed by atoms with E-state index in [1.54, 1.807) is 0 Å². The van der Waals surface area contributed by atoms with Crippen LogP contribution in [0.5, 0.6) is 0 Å². The van der Waals surface area contributed by atoms with Gasteiger partial charge in [-0.05, 0) is 19.3 Å². The van der Waals surface area contributed by atoms with Gasteiger partial charge < -0.3 is 9.80 Å². The van der Waals surface area contributed by atoms with Crippen molar-refractivity contribution in [3.63, 3.8) is 0 Å². The zero-order chi connectivity index (χ0) is 18.9. The third kappa shape index (κ3) is 10.5. The summed E-state index contributed by atoms with van der Waals surface area (Å²) in [5.41, 5.74) is 0. The van der Waals surface area contributed by atoms with Gasteiger partial charge in [-0.2, -0.15) is 0 Å². The molecule has 1 heterocycles. The maximum absolute atomic E-state index is 2.61. The van der Waals surface area contributed by atoms with E-state index < -0.39 is 0 Å². The van der Waals surface area contributed by atoms with E-state index >= 15 is 0 Å². The summed E-state index contributed by atoms with van der Waals surface area (Å²) in [6.07, 6.45) is 27.8. The number of nitrogens with zero attached hydrogens (tertiary/aromatic N) is 2. The van der Waals surface area contributed by atoms with Gasteiger partial charge in [-0.25, -0.2) is 0 Å². The lowest BCUT2D eigenvalue weighted by atomic mass is 10.1. The average Bonchev–Trinajstić information content (AvgIpc) is 3.03. The minimum atomic E-state index is 0.638. The fourth-order valence-electron chi connectivity index (χ4n) is 4.07. The zero-order valence-electron chi connectivity index (χ0n) is 18.4. The fraction of sp³-hybridized carbons (Fsp3) is 0.917. The molecule has 0 aromatic rings. The summed E-state index contributed by atoms with van der Waals surface area (Å²) in [7, 11) is 0. The van der Waals surface area contributed by atoms with Crippen molar-refractivity contribution in [2.45, 2.75) is 130 Å². The SMILES string of the molecule is CCCCCCCCCCCCCCN1C=CN(CCCC)C1CCC. The second-order valence-corrected chi connectivity index (χ2v) is 8.29. The molecule has 0 radical (unpaired) electrons. The molecule has 0 N–H and O–H groups in total. The highest BCUT2D eigenvalue weighted by molar-refractivity contribution is 4.96. The van der Waals surface area contributed by atoms with E-state index in [4.69, 9.17) is 0 Å². The van der Waals surface area contributed by atoms with Crippen LogP contribution in [0, 0.1) is 0 Å². The van der Waals surface area contributed by atoms with Gasteiger partial charge >= 0.3 is 0 Å². The lowest BCUT2D eigenvalue weighted by Gasteiger charge is -2.32. The Labute approximate surface area is 165 Å². The maximum Gasteiger partial charge on any atom is 0.101 e. The molecule has 154 valence electrons. The van der Waals surface area contributed by atoms with E-state index in [1.807, 2.05) is 0 Å². The van der Waals surface area contributed by atoms with Crippen molar-refractivity contribution in [2.75, 3.05) is 13.1 Å². The molecule has 2 heteroatoms. The summed E-state index contributed by atoms with van der Waals surface area (Å²) in [5.74, 6) is 0. The third-order valence-electron chi connectivity index (χ3n) is 5.80. The first kappa shape index (κ1) is 23.4. The monoisotopic (exact) mass is 364 g/mol. The highest BCUT2D eigenvalue weighted by Gasteiger charge is 2.24. The first-order chi connectivity index (χ1) is 12.8. The topological polar surface area (TPSA) is 6.48 Å². The Balaban J connectivity index is 1.99. The summed E-state index contributed by atoms with van der Waals surface area (Å²) in [6, 6.07) is 0. The van der Waals surface area contributed by atoms with Crippen molar-refractivity contribution >= 4 is 0 Å². The summed E-state index contributed by atoms with van der Waals surface area (Å²) in [6.45, 7) is 9.39. The molecule has 0 aliphatic carbocycles. The molecular weight excluding hydrogens is 316 g/mol. The van der Waals surface area contributed by atoms with Gasteiger partial charge in [-0.3, -0.25) is 0 Å². The van der Waals surface area contributed by atoms with Crippen LogP contribution < -0.4 is 0 Å². The molecule has 1 rings (SSSR count). The second kappa shape index (κ2) is 16.5. The van der Waals surface area contributed by atoms with Crippen molar-refractivity contribution < 1.29 is 0 Å². The molecule has 0 fully saturated rings. The van der Waals surface area contributed by atoms with Gasteiger partial charge in [0, 0.05) is 25.5 Å². The highest BCUT2D eigenvalue weighted by Crippen LogP contribution is 2.22. The van der Waals surface area contributed by atoms with Crippen LogP contribution >= 0.6 is 0 Å². The summed E-state index contributed by atoms with van der Waals surface area (Å²) in [5, 5.41) is 0. The van der Waals surface area contributed by atoms with Crippen LogP contribution in [-0.4, -0.2) is 29.1 Å². The summed E-state index contributed by atoms with van der Waals surface area (Å²) in [4.78, 5) is 5.18. The van der Waals surface area contributed by atoms with Crippen molar-refractivity contribution in [3.8, 4) is 0 Å². The Morgan fingerprint density at radius 1 is 0.500 bits per heavy atom. The summed E-state index contributed by atoms with van der Waals surface area (Å²) < 4.78 is 0. The van der Waals surface area contributed by atoms with Crippen LogP contribution in [0.4, 0.5) is 0 Å². The average molecular weight is 365 g/mol. The van der Waals surface area contributed by atoms with E-state index in [1.165, 1.54) is 116 Å². The molecule has 2 nitrogen and oxygen atoms in total. The number of hydrogen-bond donors (Lipinski definition) is 0. The molecule has 0 aromatic heterocycles. The molecule has 0 saturated carbocycles. The van der Waals surface area contributed by atoms with E-state index in [9.17, 15) is 0 Å². The summed E-state index contributed by atoms with van der Waals surface area (Å²) >= 11 is 0. The second-order valence-electron chi connectivity index (χ2n) is 8.29. The standard InChI is InChI=1S/C24H48N2/c1-4-7-9-10-11-12-13-14-15-16-17-18-21-26-23-22-25(20-8-5-2)24(26)19-6-3/h22-24H,4-21H2,1-3H3. The van der Waals surface area contributed by atoms with Crippen molar-refractivity contribution in [1.82, 2.24) is 9.80 Å². The fourth-order valence-corrected chi connectivity index (χ4v) is 4.07. The molecular formula is C24H48N2. The van der Waals surface area contributed by atoms with Crippen LogP contribution in [0.3, 0.4) is 0 Å². The molecule has 26 heavy (non-hydrogen) atoms. The first-order valence-electron chi connectivity index (χ1n) is 12.0. The molecule has 0 amide bonds. The lowest BCUT2D eigenvalue weighted by molar-refractivity contribution is 0.138. The Hall–Kier alpha value is -0.660. The van der Waals surface area contributed by atoms with E-state index in [-0.39, 0.29) is 0 Å². The van der Waals surface area contributed by atoms with E-state index in [2.05, 4.69) is 43.0 Å². The molecule has 0 aromatic carbocycles. The van der Waals surface area contributed by atoms with Gasteiger partial charge in [-0.1, -0.05) is 104 Å². The number of hydrogen-bond acceptors (Lipinski definition) is 2. The Kier molecular flexibility index (Phi) is 14.8. The van der Waals surface area contributed by atoms with Crippen LogP contribution in [0.2, 0.25) is 0 Å². The third-order valence-corrected chi connectivity index (χ3v) is 5.80. The Morgan fingerprint density at radius 2 is 0.923 bits per heavy atom.